The Bertz CT molecular complexity index is 558. The molecule has 0 fully saturated rings. The molecule has 2 aromatic carbocycles. The zero-order valence-corrected chi connectivity index (χ0v) is 12.4. The summed E-state index contributed by atoms with van der Waals surface area (Å²) in [4.78, 5) is 0. The van der Waals surface area contributed by atoms with E-state index in [1.165, 1.54) is 5.56 Å². The number of nitrogens with one attached hydrogen (secondary N) is 1. The van der Waals surface area contributed by atoms with Gasteiger partial charge >= 0.3 is 0 Å². The van der Waals surface area contributed by atoms with Crippen molar-refractivity contribution in [2.75, 3.05) is 24.7 Å². The molecule has 0 spiro atoms. The smallest absolute Gasteiger partial charge is 0.119 e. The Kier molecular flexibility index (Phi) is 4.68. The van der Waals surface area contributed by atoms with E-state index in [0.29, 0.717) is 0 Å². The van der Waals surface area contributed by atoms with Crippen molar-refractivity contribution < 1.29 is 4.74 Å². The molecule has 19 heavy (non-hydrogen) atoms. The zero-order chi connectivity index (χ0) is 13.7. The monoisotopic (exact) mass is 320 g/mol. The molecule has 0 amide bonds. The van der Waals surface area contributed by atoms with E-state index in [1.807, 2.05) is 30.3 Å². The number of hydrogen-bond donors (Lipinski definition) is 2. The first-order valence-corrected chi connectivity index (χ1v) is 6.90. The minimum atomic E-state index is 0.755. The van der Waals surface area contributed by atoms with Crippen molar-refractivity contribution >= 4 is 27.3 Å². The van der Waals surface area contributed by atoms with Gasteiger partial charge in [0.25, 0.3) is 0 Å². The molecule has 3 nitrogen and oxygen atoms in total. The van der Waals surface area contributed by atoms with Crippen molar-refractivity contribution in [3.05, 3.63) is 52.5 Å². The molecule has 0 aliphatic rings. The normalized spacial score (nSPS) is 10.2. The summed E-state index contributed by atoms with van der Waals surface area (Å²) >= 11 is 3.49. The van der Waals surface area contributed by atoms with Gasteiger partial charge in [0.15, 0.2) is 0 Å². The van der Waals surface area contributed by atoms with Crippen molar-refractivity contribution in [2.45, 2.75) is 6.42 Å². The van der Waals surface area contributed by atoms with Gasteiger partial charge in [-0.1, -0.05) is 12.1 Å². The molecule has 0 atom stereocenters. The van der Waals surface area contributed by atoms with Crippen LogP contribution in [0.25, 0.3) is 0 Å². The molecular weight excluding hydrogens is 304 g/mol. The van der Waals surface area contributed by atoms with E-state index in [-0.39, 0.29) is 0 Å². The van der Waals surface area contributed by atoms with Crippen LogP contribution in [0.3, 0.4) is 0 Å². The average Bonchev–Trinajstić information content (AvgIpc) is 2.41. The summed E-state index contributed by atoms with van der Waals surface area (Å²) < 4.78 is 6.19. The molecule has 0 bridgehead atoms. The maximum absolute atomic E-state index is 5.71. The fourth-order valence-corrected chi connectivity index (χ4v) is 2.38. The molecule has 2 aromatic rings. The van der Waals surface area contributed by atoms with Crippen LogP contribution in [-0.4, -0.2) is 13.7 Å². The summed E-state index contributed by atoms with van der Waals surface area (Å²) in [5.74, 6) is 0.895. The summed E-state index contributed by atoms with van der Waals surface area (Å²) in [5, 5.41) is 3.38. The Labute approximate surface area is 121 Å². The largest absolute Gasteiger partial charge is 0.497 e. The third-order valence-electron chi connectivity index (χ3n) is 2.86. The summed E-state index contributed by atoms with van der Waals surface area (Å²) in [6.45, 7) is 0.857. The van der Waals surface area contributed by atoms with Crippen LogP contribution in [-0.2, 0) is 6.42 Å². The van der Waals surface area contributed by atoms with Crippen LogP contribution in [0.5, 0.6) is 5.75 Å². The molecule has 100 valence electrons. The number of nitrogens with two attached hydrogens (primary N) is 1. The maximum Gasteiger partial charge on any atom is 0.119 e. The van der Waals surface area contributed by atoms with E-state index in [9.17, 15) is 0 Å². The fourth-order valence-electron chi connectivity index (χ4n) is 1.84. The van der Waals surface area contributed by atoms with Gasteiger partial charge in [0.05, 0.1) is 7.11 Å². The van der Waals surface area contributed by atoms with Crippen LogP contribution in [0.15, 0.2) is 46.9 Å². The molecule has 0 saturated carbocycles. The Morgan fingerprint density at radius 1 is 1.21 bits per heavy atom. The fraction of sp³-hybridized carbons (Fsp3) is 0.200. The predicted octanol–water partition coefficient (Wildman–Crippen LogP) is 3.69. The lowest BCUT2D eigenvalue weighted by atomic mass is 10.1. The van der Waals surface area contributed by atoms with Crippen LogP contribution >= 0.6 is 15.9 Å². The van der Waals surface area contributed by atoms with Crippen LogP contribution in [0.4, 0.5) is 11.4 Å². The highest BCUT2D eigenvalue weighted by atomic mass is 79.9. The number of methoxy groups -OCH3 is 1. The Balaban J connectivity index is 1.92. The van der Waals surface area contributed by atoms with Gasteiger partial charge in [-0.3, -0.25) is 0 Å². The number of rotatable bonds is 5. The van der Waals surface area contributed by atoms with Gasteiger partial charge in [0, 0.05) is 22.4 Å². The summed E-state index contributed by atoms with van der Waals surface area (Å²) in [6, 6.07) is 13.9. The SMILES string of the molecule is COc1cccc(CCNc2ccc(N)cc2Br)c1. The van der Waals surface area contributed by atoms with E-state index < -0.39 is 0 Å². The summed E-state index contributed by atoms with van der Waals surface area (Å²) in [6.07, 6.45) is 0.939. The highest BCUT2D eigenvalue weighted by Gasteiger charge is 2.00. The second kappa shape index (κ2) is 6.48. The molecule has 0 aromatic heterocycles. The highest BCUT2D eigenvalue weighted by molar-refractivity contribution is 9.10. The van der Waals surface area contributed by atoms with Crippen LogP contribution in [0.2, 0.25) is 0 Å². The molecule has 0 aliphatic heterocycles. The van der Waals surface area contributed by atoms with Crippen molar-refractivity contribution in [2.24, 2.45) is 0 Å². The molecule has 0 aliphatic carbocycles. The second-order valence-corrected chi connectivity index (χ2v) is 5.12. The molecule has 0 heterocycles. The number of halogens is 1. The Morgan fingerprint density at radius 2 is 2.05 bits per heavy atom. The van der Waals surface area contributed by atoms with Gasteiger partial charge in [-0.15, -0.1) is 0 Å². The first-order valence-electron chi connectivity index (χ1n) is 6.11. The standard InChI is InChI=1S/C15H17BrN2O/c1-19-13-4-2-3-11(9-13)7-8-18-15-6-5-12(17)10-14(15)16/h2-6,9-10,18H,7-8,17H2,1H3. The van der Waals surface area contributed by atoms with Crippen molar-refractivity contribution in [3.8, 4) is 5.75 Å². The molecule has 0 saturated heterocycles. The van der Waals surface area contributed by atoms with Gasteiger partial charge in [0.1, 0.15) is 5.75 Å². The number of benzene rings is 2. The van der Waals surface area contributed by atoms with Gasteiger partial charge in [-0.05, 0) is 58.2 Å². The lowest BCUT2D eigenvalue weighted by molar-refractivity contribution is 0.414. The van der Waals surface area contributed by atoms with Gasteiger partial charge in [-0.25, -0.2) is 0 Å². The molecule has 4 heteroatoms. The van der Waals surface area contributed by atoms with E-state index >= 15 is 0 Å². The van der Waals surface area contributed by atoms with E-state index in [1.54, 1.807) is 7.11 Å². The maximum atomic E-state index is 5.71. The number of ether oxygens (including phenoxy) is 1. The molecule has 0 unspecified atom stereocenters. The number of hydrogen-bond acceptors (Lipinski definition) is 3. The number of nitrogen functional groups attached to an aromatic ring is 1. The topological polar surface area (TPSA) is 47.3 Å². The Hall–Kier alpha value is -1.68. The first kappa shape index (κ1) is 13.7. The molecule has 2 rings (SSSR count). The molecule has 0 radical (unpaired) electrons. The van der Waals surface area contributed by atoms with Crippen LogP contribution in [0, 0.1) is 0 Å². The second-order valence-electron chi connectivity index (χ2n) is 4.27. The number of anilines is 2. The molecular formula is C15H17BrN2O. The lowest BCUT2D eigenvalue weighted by Gasteiger charge is -2.09. The first-order chi connectivity index (χ1) is 9.19. The van der Waals surface area contributed by atoms with E-state index in [0.717, 1.165) is 34.6 Å². The Morgan fingerprint density at radius 3 is 2.79 bits per heavy atom. The van der Waals surface area contributed by atoms with Gasteiger partial charge in [-0.2, -0.15) is 0 Å². The van der Waals surface area contributed by atoms with E-state index in [4.69, 9.17) is 10.5 Å². The summed E-state index contributed by atoms with van der Waals surface area (Å²) in [5.41, 5.74) is 8.76. The molecule has 3 N–H and O–H groups in total. The van der Waals surface area contributed by atoms with Gasteiger partial charge in [0.2, 0.25) is 0 Å². The lowest BCUT2D eigenvalue weighted by Crippen LogP contribution is -2.05. The predicted molar refractivity (Wildman–Crippen MR) is 83.7 cm³/mol. The summed E-state index contributed by atoms with van der Waals surface area (Å²) in [7, 11) is 1.68. The minimum Gasteiger partial charge on any atom is -0.497 e. The van der Waals surface area contributed by atoms with Crippen molar-refractivity contribution in [1.82, 2.24) is 0 Å². The average molecular weight is 321 g/mol. The third kappa shape index (κ3) is 3.89. The zero-order valence-electron chi connectivity index (χ0n) is 10.8. The quantitative estimate of drug-likeness (QED) is 0.826. The highest BCUT2D eigenvalue weighted by Crippen LogP contribution is 2.24. The van der Waals surface area contributed by atoms with Crippen LogP contribution < -0.4 is 15.8 Å². The van der Waals surface area contributed by atoms with Crippen LogP contribution in [0.1, 0.15) is 5.56 Å². The minimum absolute atomic E-state index is 0.755. The third-order valence-corrected chi connectivity index (χ3v) is 3.51. The van der Waals surface area contributed by atoms with E-state index in [2.05, 4.69) is 33.4 Å². The van der Waals surface area contributed by atoms with Gasteiger partial charge < -0.3 is 15.8 Å². The van der Waals surface area contributed by atoms with Crippen molar-refractivity contribution in [1.29, 1.82) is 0 Å². The van der Waals surface area contributed by atoms with Crippen molar-refractivity contribution in [3.63, 3.8) is 0 Å².